The van der Waals surface area contributed by atoms with Gasteiger partial charge in [0.1, 0.15) is 0 Å². The van der Waals surface area contributed by atoms with E-state index in [1.807, 2.05) is 55.5 Å². The fourth-order valence-corrected chi connectivity index (χ4v) is 1.83. The van der Waals surface area contributed by atoms with Crippen LogP contribution in [0.5, 0.6) is 0 Å². The average molecular weight is 230 g/mol. The number of rotatable bonds is 2. The first kappa shape index (κ1) is 10.9. The Labute approximate surface area is 100 Å². The first-order valence-corrected chi connectivity index (χ1v) is 5.49. The van der Waals surface area contributed by atoms with E-state index in [9.17, 15) is 0 Å². The summed E-state index contributed by atoms with van der Waals surface area (Å²) in [5.74, 6) is 0. The highest BCUT2D eigenvalue weighted by atomic mass is 35.5. The molecule has 0 N–H and O–H groups in total. The predicted octanol–water partition coefficient (Wildman–Crippen LogP) is 4.30. The van der Waals surface area contributed by atoms with Crippen molar-refractivity contribution in [1.29, 1.82) is 0 Å². The molecule has 0 radical (unpaired) electrons. The van der Waals surface area contributed by atoms with Gasteiger partial charge in [0.2, 0.25) is 0 Å². The van der Waals surface area contributed by atoms with Crippen LogP contribution >= 0.6 is 11.6 Å². The van der Waals surface area contributed by atoms with E-state index in [1.165, 1.54) is 0 Å². The van der Waals surface area contributed by atoms with Gasteiger partial charge in [-0.15, -0.1) is 0 Å². The van der Waals surface area contributed by atoms with E-state index in [-0.39, 0.29) is 0 Å². The molecule has 1 nitrogen and oxygen atoms in total. The van der Waals surface area contributed by atoms with Crippen molar-refractivity contribution in [1.82, 2.24) is 4.98 Å². The summed E-state index contributed by atoms with van der Waals surface area (Å²) in [4.78, 5) is 4.25. The van der Waals surface area contributed by atoms with E-state index >= 15 is 0 Å². The van der Waals surface area contributed by atoms with Gasteiger partial charge in [-0.2, -0.15) is 0 Å². The number of halogens is 1. The molecule has 0 saturated carbocycles. The molecule has 0 bridgehead atoms. The monoisotopic (exact) mass is 229 g/mol. The van der Waals surface area contributed by atoms with Crippen LogP contribution < -0.4 is 0 Å². The summed E-state index contributed by atoms with van der Waals surface area (Å²) < 4.78 is 0. The quantitative estimate of drug-likeness (QED) is 0.749. The number of nitrogens with zero attached hydrogens (tertiary/aromatic N) is 1. The summed E-state index contributed by atoms with van der Waals surface area (Å²) in [6.07, 6.45) is 3.81. The van der Waals surface area contributed by atoms with Crippen molar-refractivity contribution in [2.45, 2.75) is 6.92 Å². The topological polar surface area (TPSA) is 12.9 Å². The Balaban J connectivity index is 2.36. The molecule has 1 heterocycles. The maximum Gasteiger partial charge on any atom is 0.0632 e. The van der Waals surface area contributed by atoms with Crippen molar-refractivity contribution in [3.63, 3.8) is 0 Å². The van der Waals surface area contributed by atoms with Crippen LogP contribution in [-0.2, 0) is 0 Å². The zero-order chi connectivity index (χ0) is 11.4. The minimum absolute atomic E-state index is 0.771. The molecular formula is C14H12ClN. The molecule has 0 atom stereocenters. The van der Waals surface area contributed by atoms with E-state index in [4.69, 9.17) is 11.6 Å². The number of allylic oxidation sites excluding steroid dienone is 1. The number of benzene rings is 1. The minimum Gasteiger partial charge on any atom is -0.257 e. The van der Waals surface area contributed by atoms with E-state index < -0.39 is 0 Å². The van der Waals surface area contributed by atoms with Gasteiger partial charge in [0.25, 0.3) is 0 Å². The van der Waals surface area contributed by atoms with Crippen LogP contribution in [0.15, 0.2) is 48.7 Å². The van der Waals surface area contributed by atoms with E-state index in [0.717, 1.165) is 21.9 Å². The fourth-order valence-electron chi connectivity index (χ4n) is 1.54. The highest BCUT2D eigenvalue weighted by molar-refractivity contribution is 6.32. The third kappa shape index (κ3) is 2.50. The fraction of sp³-hybridized carbons (Fsp3) is 0.0714. The second-order valence-corrected chi connectivity index (χ2v) is 3.97. The predicted molar refractivity (Wildman–Crippen MR) is 69.2 cm³/mol. The first-order chi connectivity index (χ1) is 7.77. The smallest absolute Gasteiger partial charge is 0.0632 e. The Morgan fingerprint density at radius 2 is 1.88 bits per heavy atom. The molecule has 0 fully saturated rings. The van der Waals surface area contributed by atoms with Crippen molar-refractivity contribution >= 4 is 23.3 Å². The SMILES string of the molecule is C/C(=C/c1ccccn1)c1ccccc1Cl. The lowest BCUT2D eigenvalue weighted by molar-refractivity contribution is 1.29. The number of hydrogen-bond donors (Lipinski definition) is 0. The zero-order valence-corrected chi connectivity index (χ0v) is 9.78. The summed E-state index contributed by atoms with van der Waals surface area (Å²) in [6.45, 7) is 2.04. The van der Waals surface area contributed by atoms with Gasteiger partial charge in [-0.25, -0.2) is 0 Å². The Morgan fingerprint density at radius 1 is 1.12 bits per heavy atom. The number of hydrogen-bond acceptors (Lipinski definition) is 1. The average Bonchev–Trinajstić information content (AvgIpc) is 2.31. The second kappa shape index (κ2) is 4.95. The molecule has 1 aromatic heterocycles. The van der Waals surface area contributed by atoms with Crippen LogP contribution in [0.25, 0.3) is 11.6 Å². The van der Waals surface area contributed by atoms with Crippen molar-refractivity contribution in [2.24, 2.45) is 0 Å². The molecule has 2 aromatic rings. The Kier molecular flexibility index (Phi) is 3.37. The van der Waals surface area contributed by atoms with Crippen LogP contribution in [0.1, 0.15) is 18.2 Å². The van der Waals surface area contributed by atoms with Gasteiger partial charge >= 0.3 is 0 Å². The van der Waals surface area contributed by atoms with Crippen LogP contribution in [0.3, 0.4) is 0 Å². The maximum absolute atomic E-state index is 6.12. The Bertz CT molecular complexity index is 503. The van der Waals surface area contributed by atoms with Crippen LogP contribution in [0.4, 0.5) is 0 Å². The molecule has 0 aliphatic carbocycles. The van der Waals surface area contributed by atoms with Crippen LogP contribution in [0, 0.1) is 0 Å². The molecule has 2 heteroatoms. The summed E-state index contributed by atoms with van der Waals surface area (Å²) in [5.41, 5.74) is 3.11. The largest absolute Gasteiger partial charge is 0.257 e. The molecule has 1 aromatic carbocycles. The van der Waals surface area contributed by atoms with E-state index in [0.29, 0.717) is 0 Å². The molecule has 0 unspecified atom stereocenters. The highest BCUT2D eigenvalue weighted by Crippen LogP contribution is 2.24. The molecule has 0 amide bonds. The zero-order valence-electron chi connectivity index (χ0n) is 9.02. The van der Waals surface area contributed by atoms with Crippen LogP contribution in [0.2, 0.25) is 5.02 Å². The second-order valence-electron chi connectivity index (χ2n) is 3.56. The molecule has 0 aliphatic heterocycles. The van der Waals surface area contributed by atoms with Crippen molar-refractivity contribution in [2.75, 3.05) is 0 Å². The molecule has 0 spiro atoms. The first-order valence-electron chi connectivity index (χ1n) is 5.11. The van der Waals surface area contributed by atoms with Gasteiger partial charge in [0, 0.05) is 11.2 Å². The summed E-state index contributed by atoms with van der Waals surface area (Å²) in [5, 5.41) is 0.771. The van der Waals surface area contributed by atoms with E-state index in [2.05, 4.69) is 4.98 Å². The Hall–Kier alpha value is -1.60. The van der Waals surface area contributed by atoms with Crippen molar-refractivity contribution < 1.29 is 0 Å². The molecule has 0 saturated heterocycles. The Morgan fingerprint density at radius 3 is 2.56 bits per heavy atom. The lowest BCUT2D eigenvalue weighted by Gasteiger charge is -2.03. The minimum atomic E-state index is 0.771. The lowest BCUT2D eigenvalue weighted by Crippen LogP contribution is -1.83. The summed E-state index contributed by atoms with van der Waals surface area (Å²) in [6, 6.07) is 13.7. The summed E-state index contributed by atoms with van der Waals surface area (Å²) >= 11 is 6.12. The van der Waals surface area contributed by atoms with Crippen LogP contribution in [-0.4, -0.2) is 4.98 Å². The molecular weight excluding hydrogens is 218 g/mol. The van der Waals surface area contributed by atoms with Gasteiger partial charge in [-0.3, -0.25) is 4.98 Å². The third-order valence-electron chi connectivity index (χ3n) is 2.35. The van der Waals surface area contributed by atoms with Crippen molar-refractivity contribution in [3.8, 4) is 0 Å². The standard InChI is InChI=1S/C14H12ClN/c1-11(10-12-6-4-5-9-16-12)13-7-2-3-8-14(13)15/h2-10H,1H3/b11-10-. The van der Waals surface area contributed by atoms with Gasteiger partial charge in [0.05, 0.1) is 5.69 Å². The maximum atomic E-state index is 6.12. The summed E-state index contributed by atoms with van der Waals surface area (Å²) in [7, 11) is 0. The lowest BCUT2D eigenvalue weighted by atomic mass is 10.1. The van der Waals surface area contributed by atoms with Crippen molar-refractivity contribution in [3.05, 3.63) is 64.9 Å². The van der Waals surface area contributed by atoms with Gasteiger partial charge in [-0.1, -0.05) is 35.9 Å². The third-order valence-corrected chi connectivity index (χ3v) is 2.68. The molecule has 80 valence electrons. The van der Waals surface area contributed by atoms with Gasteiger partial charge in [0.15, 0.2) is 0 Å². The van der Waals surface area contributed by atoms with Gasteiger partial charge in [-0.05, 0) is 42.3 Å². The molecule has 2 rings (SSSR count). The molecule has 16 heavy (non-hydrogen) atoms. The number of pyridine rings is 1. The normalized spacial score (nSPS) is 11.5. The van der Waals surface area contributed by atoms with E-state index in [1.54, 1.807) is 6.20 Å². The van der Waals surface area contributed by atoms with Gasteiger partial charge < -0.3 is 0 Å². The highest BCUT2D eigenvalue weighted by Gasteiger charge is 2.00. The molecule has 0 aliphatic rings. The number of aromatic nitrogens is 1.